The van der Waals surface area contributed by atoms with Crippen LogP contribution in [0.5, 0.6) is 0 Å². The molecule has 3 aromatic heterocycles. The minimum absolute atomic E-state index is 0.130. The van der Waals surface area contributed by atoms with E-state index in [2.05, 4.69) is 15.5 Å². The molecule has 154 valence electrons. The second kappa shape index (κ2) is 7.98. The maximum atomic E-state index is 13.1. The summed E-state index contributed by atoms with van der Waals surface area (Å²) in [6, 6.07) is 11.5. The van der Waals surface area contributed by atoms with Gasteiger partial charge in [0.15, 0.2) is 0 Å². The van der Waals surface area contributed by atoms with Crippen molar-refractivity contribution in [1.29, 1.82) is 0 Å². The van der Waals surface area contributed by atoms with Gasteiger partial charge >= 0.3 is 0 Å². The van der Waals surface area contributed by atoms with Gasteiger partial charge in [0.05, 0.1) is 12.1 Å². The van der Waals surface area contributed by atoms with Crippen molar-refractivity contribution in [3.8, 4) is 22.8 Å². The van der Waals surface area contributed by atoms with Crippen molar-refractivity contribution in [2.24, 2.45) is 0 Å². The lowest BCUT2D eigenvalue weighted by Crippen LogP contribution is -2.27. The van der Waals surface area contributed by atoms with Crippen molar-refractivity contribution in [3.63, 3.8) is 0 Å². The van der Waals surface area contributed by atoms with Crippen LogP contribution in [-0.2, 0) is 17.9 Å². The van der Waals surface area contributed by atoms with E-state index in [0.29, 0.717) is 29.6 Å². The van der Waals surface area contributed by atoms with Crippen LogP contribution in [-0.4, -0.2) is 20.6 Å². The number of aryl methyl sites for hydroxylation is 2. The second-order valence-corrected chi connectivity index (χ2v) is 7.09. The average molecular weight is 408 g/mol. The number of nitrogens with one attached hydrogen (secondary N) is 1. The number of hydrogen-bond donors (Lipinski definition) is 1. The maximum Gasteiger partial charge on any atom is 0.260 e. The van der Waals surface area contributed by atoms with E-state index in [1.165, 1.54) is 12.1 Å². The van der Waals surface area contributed by atoms with Gasteiger partial charge in [-0.1, -0.05) is 5.16 Å². The Kier molecular flexibility index (Phi) is 5.22. The first-order valence-electron chi connectivity index (χ1n) is 9.49. The summed E-state index contributed by atoms with van der Waals surface area (Å²) in [6.07, 6.45) is 0. The maximum absolute atomic E-state index is 13.1. The molecule has 7 nitrogen and oxygen atoms in total. The fraction of sp³-hybridized carbons (Fsp3) is 0.227. The molecule has 8 heteroatoms. The standard InChI is InChI=1S/C22H21FN4O3/c1-13-10-19(22-25-21(26-30-22)16-5-7-17(23)8-6-16)15(3)27(13)12-20(28)24-11-18-9-4-14(2)29-18/h4-10H,11-12H2,1-3H3,(H,24,28). The molecule has 1 aromatic carbocycles. The molecule has 4 aromatic rings. The number of aromatic nitrogens is 3. The summed E-state index contributed by atoms with van der Waals surface area (Å²) in [5.41, 5.74) is 3.15. The first-order chi connectivity index (χ1) is 14.4. The van der Waals surface area contributed by atoms with Crippen LogP contribution in [0.15, 0.2) is 51.4 Å². The topological polar surface area (TPSA) is 86.1 Å². The van der Waals surface area contributed by atoms with Gasteiger partial charge in [-0.15, -0.1) is 0 Å². The molecule has 0 saturated carbocycles. The average Bonchev–Trinajstić information content (AvgIpc) is 3.43. The summed E-state index contributed by atoms with van der Waals surface area (Å²) in [5.74, 6) is 1.78. The number of carbonyl (C=O) groups excluding carboxylic acids is 1. The van der Waals surface area contributed by atoms with Crippen molar-refractivity contribution >= 4 is 5.91 Å². The highest BCUT2D eigenvalue weighted by Gasteiger charge is 2.19. The van der Waals surface area contributed by atoms with E-state index in [1.807, 2.05) is 43.5 Å². The lowest BCUT2D eigenvalue weighted by Gasteiger charge is -2.09. The highest BCUT2D eigenvalue weighted by Crippen LogP contribution is 2.27. The van der Waals surface area contributed by atoms with Gasteiger partial charge in [0.25, 0.3) is 5.89 Å². The molecular weight excluding hydrogens is 387 g/mol. The van der Waals surface area contributed by atoms with E-state index in [9.17, 15) is 9.18 Å². The molecule has 0 aliphatic rings. The molecule has 0 unspecified atom stereocenters. The number of rotatable bonds is 6. The largest absolute Gasteiger partial charge is 0.465 e. The Bertz CT molecular complexity index is 1190. The molecule has 0 aliphatic carbocycles. The Morgan fingerprint density at radius 2 is 1.90 bits per heavy atom. The van der Waals surface area contributed by atoms with Gasteiger partial charge in [-0.25, -0.2) is 4.39 Å². The van der Waals surface area contributed by atoms with E-state index in [4.69, 9.17) is 8.94 Å². The SMILES string of the molecule is Cc1ccc(CNC(=O)Cn2c(C)cc(-c3nc(-c4ccc(F)cc4)no3)c2C)o1. The summed E-state index contributed by atoms with van der Waals surface area (Å²) in [4.78, 5) is 16.8. The van der Waals surface area contributed by atoms with E-state index in [0.717, 1.165) is 22.7 Å². The van der Waals surface area contributed by atoms with Crippen LogP contribution in [0, 0.1) is 26.6 Å². The first kappa shape index (κ1) is 19.6. The smallest absolute Gasteiger partial charge is 0.260 e. The third kappa shape index (κ3) is 4.03. The van der Waals surface area contributed by atoms with E-state index >= 15 is 0 Å². The number of benzene rings is 1. The fourth-order valence-electron chi connectivity index (χ4n) is 3.28. The molecular formula is C22H21FN4O3. The van der Waals surface area contributed by atoms with Crippen LogP contribution >= 0.6 is 0 Å². The highest BCUT2D eigenvalue weighted by atomic mass is 19.1. The number of furan rings is 1. The summed E-state index contributed by atoms with van der Waals surface area (Å²) in [5, 5.41) is 6.85. The molecule has 0 aliphatic heterocycles. The number of halogens is 1. The lowest BCUT2D eigenvalue weighted by molar-refractivity contribution is -0.122. The number of amides is 1. The van der Waals surface area contributed by atoms with Crippen molar-refractivity contribution in [3.05, 3.63) is 71.2 Å². The van der Waals surface area contributed by atoms with Crippen LogP contribution in [0.3, 0.4) is 0 Å². The minimum atomic E-state index is -0.327. The number of carbonyl (C=O) groups is 1. The Balaban J connectivity index is 1.49. The van der Waals surface area contributed by atoms with Gasteiger partial charge in [0.1, 0.15) is 23.9 Å². The molecule has 30 heavy (non-hydrogen) atoms. The van der Waals surface area contributed by atoms with E-state index in [1.54, 1.807) is 12.1 Å². The minimum Gasteiger partial charge on any atom is -0.465 e. The lowest BCUT2D eigenvalue weighted by atomic mass is 10.2. The Morgan fingerprint density at radius 3 is 2.60 bits per heavy atom. The zero-order valence-corrected chi connectivity index (χ0v) is 16.9. The Hall–Kier alpha value is -3.68. The number of hydrogen-bond acceptors (Lipinski definition) is 5. The quantitative estimate of drug-likeness (QED) is 0.517. The zero-order valence-electron chi connectivity index (χ0n) is 16.9. The molecule has 4 rings (SSSR count). The highest BCUT2D eigenvalue weighted by molar-refractivity contribution is 5.76. The second-order valence-electron chi connectivity index (χ2n) is 7.09. The third-order valence-corrected chi connectivity index (χ3v) is 4.89. The van der Waals surface area contributed by atoms with Crippen LogP contribution < -0.4 is 5.32 Å². The summed E-state index contributed by atoms with van der Waals surface area (Å²) in [7, 11) is 0. The van der Waals surface area contributed by atoms with Crippen LogP contribution in [0.2, 0.25) is 0 Å². The van der Waals surface area contributed by atoms with Gasteiger partial charge in [0.2, 0.25) is 11.7 Å². The van der Waals surface area contributed by atoms with E-state index in [-0.39, 0.29) is 18.3 Å². The Morgan fingerprint density at radius 1 is 1.13 bits per heavy atom. The molecule has 1 amide bonds. The summed E-state index contributed by atoms with van der Waals surface area (Å²) < 4.78 is 25.9. The van der Waals surface area contributed by atoms with Gasteiger partial charge in [-0.2, -0.15) is 4.98 Å². The van der Waals surface area contributed by atoms with Crippen molar-refractivity contribution in [1.82, 2.24) is 20.0 Å². The first-order valence-corrected chi connectivity index (χ1v) is 9.49. The van der Waals surface area contributed by atoms with Gasteiger partial charge in [-0.3, -0.25) is 4.79 Å². The molecule has 0 saturated heterocycles. The van der Waals surface area contributed by atoms with Gasteiger partial charge in [-0.05, 0) is 63.2 Å². The molecule has 0 fully saturated rings. The molecule has 0 spiro atoms. The Labute approximate surface area is 172 Å². The van der Waals surface area contributed by atoms with Crippen molar-refractivity contribution in [2.75, 3.05) is 0 Å². The predicted octanol–water partition coefficient (Wildman–Crippen LogP) is 4.18. The molecule has 0 radical (unpaired) electrons. The van der Waals surface area contributed by atoms with Crippen LogP contribution in [0.4, 0.5) is 4.39 Å². The van der Waals surface area contributed by atoms with Gasteiger partial charge < -0.3 is 18.8 Å². The fourth-order valence-corrected chi connectivity index (χ4v) is 3.28. The molecule has 1 N–H and O–H groups in total. The van der Waals surface area contributed by atoms with Gasteiger partial charge in [0, 0.05) is 17.0 Å². The normalized spacial score (nSPS) is 11.1. The monoisotopic (exact) mass is 408 g/mol. The molecule has 3 heterocycles. The zero-order chi connectivity index (χ0) is 21.3. The van der Waals surface area contributed by atoms with Crippen LogP contribution in [0.1, 0.15) is 22.9 Å². The summed E-state index contributed by atoms with van der Waals surface area (Å²) >= 11 is 0. The third-order valence-electron chi connectivity index (χ3n) is 4.89. The van der Waals surface area contributed by atoms with E-state index < -0.39 is 0 Å². The van der Waals surface area contributed by atoms with Crippen molar-refractivity contribution in [2.45, 2.75) is 33.9 Å². The number of nitrogens with zero attached hydrogens (tertiary/aromatic N) is 3. The summed E-state index contributed by atoms with van der Waals surface area (Å²) in [6.45, 7) is 6.17. The predicted molar refractivity (Wildman–Crippen MR) is 108 cm³/mol. The molecule has 0 atom stereocenters. The van der Waals surface area contributed by atoms with Crippen LogP contribution in [0.25, 0.3) is 22.8 Å². The van der Waals surface area contributed by atoms with Crippen molar-refractivity contribution < 1.29 is 18.1 Å². The molecule has 0 bridgehead atoms.